The van der Waals surface area contributed by atoms with Crippen molar-refractivity contribution in [2.24, 2.45) is 0 Å². The summed E-state index contributed by atoms with van der Waals surface area (Å²) in [5, 5.41) is 11.7. The lowest BCUT2D eigenvalue weighted by Crippen LogP contribution is -1.89. The Morgan fingerprint density at radius 1 is 1.30 bits per heavy atom. The van der Waals surface area contributed by atoms with Gasteiger partial charge in [-0.15, -0.1) is 0 Å². The van der Waals surface area contributed by atoms with Crippen LogP contribution in [0.2, 0.25) is 0 Å². The second-order valence-electron chi connectivity index (χ2n) is 1.81. The highest BCUT2D eigenvalue weighted by atomic mass is 32.1. The number of hydrogen-bond acceptors (Lipinski definition) is 2. The predicted octanol–water partition coefficient (Wildman–Crippen LogP) is 1.76. The first kappa shape index (κ1) is 7.02. The van der Waals surface area contributed by atoms with Crippen molar-refractivity contribution < 1.29 is 5.11 Å². The van der Waals surface area contributed by atoms with Gasteiger partial charge in [-0.05, 0) is 24.3 Å². The highest BCUT2D eigenvalue weighted by molar-refractivity contribution is 7.79. The van der Waals surface area contributed by atoms with Crippen molar-refractivity contribution >= 4 is 23.4 Å². The molecule has 1 rings (SSSR count). The van der Waals surface area contributed by atoms with Crippen LogP contribution in [0.15, 0.2) is 24.3 Å². The smallest absolute Gasteiger partial charge is 0.115 e. The molecule has 0 aromatic heterocycles. The highest BCUT2D eigenvalue weighted by Crippen LogP contribution is 2.12. The molecule has 0 radical (unpaired) electrons. The molecule has 2 N–H and O–H groups in total. The molecular weight excluding hydrogens is 146 g/mol. The molecule has 0 unspecified atom stereocenters. The van der Waals surface area contributed by atoms with Crippen LogP contribution in [-0.4, -0.2) is 10.6 Å². The van der Waals surface area contributed by atoms with E-state index in [9.17, 15) is 0 Å². The third-order valence-electron chi connectivity index (χ3n) is 1.09. The maximum absolute atomic E-state index is 8.86. The van der Waals surface area contributed by atoms with Crippen molar-refractivity contribution in [1.82, 2.24) is 0 Å². The Hall–Kier alpha value is -1.09. The van der Waals surface area contributed by atoms with Gasteiger partial charge in [-0.25, -0.2) is 0 Å². The predicted molar refractivity (Wildman–Crippen MR) is 45.4 cm³/mol. The van der Waals surface area contributed by atoms with Gasteiger partial charge in [0.2, 0.25) is 0 Å². The van der Waals surface area contributed by atoms with Crippen LogP contribution in [-0.2, 0) is 0 Å². The molecule has 0 aliphatic heterocycles. The summed E-state index contributed by atoms with van der Waals surface area (Å²) in [5.74, 6) is 0.259. The Morgan fingerprint density at radius 3 is 2.40 bits per heavy atom. The molecule has 0 heterocycles. The normalized spacial score (nSPS) is 8.80. The lowest BCUT2D eigenvalue weighted by atomic mass is 10.3. The van der Waals surface area contributed by atoms with Crippen LogP contribution in [0, 0.1) is 0 Å². The second kappa shape index (κ2) is 3.17. The third kappa shape index (κ3) is 1.70. The molecule has 2 nitrogen and oxygen atoms in total. The van der Waals surface area contributed by atoms with E-state index in [1.54, 1.807) is 24.3 Å². The third-order valence-corrected chi connectivity index (χ3v) is 1.21. The Labute approximate surface area is 64.5 Å². The van der Waals surface area contributed by atoms with Gasteiger partial charge in [0.25, 0.3) is 0 Å². The van der Waals surface area contributed by atoms with Gasteiger partial charge in [0.15, 0.2) is 0 Å². The van der Waals surface area contributed by atoms with Gasteiger partial charge in [-0.1, -0.05) is 12.2 Å². The number of rotatable bonds is 2. The van der Waals surface area contributed by atoms with Crippen molar-refractivity contribution in [3.05, 3.63) is 24.3 Å². The molecule has 52 valence electrons. The van der Waals surface area contributed by atoms with E-state index >= 15 is 0 Å². The molecule has 0 bridgehead atoms. The lowest BCUT2D eigenvalue weighted by Gasteiger charge is -1.97. The molecular formula is C7H7NOS. The van der Waals surface area contributed by atoms with Crippen LogP contribution >= 0.6 is 12.2 Å². The fourth-order valence-corrected chi connectivity index (χ4v) is 0.762. The number of benzene rings is 1. The molecule has 0 spiro atoms. The first-order valence-corrected chi connectivity index (χ1v) is 3.29. The summed E-state index contributed by atoms with van der Waals surface area (Å²) in [7, 11) is 0. The zero-order valence-corrected chi connectivity index (χ0v) is 6.06. The first-order chi connectivity index (χ1) is 4.83. The van der Waals surface area contributed by atoms with Crippen molar-refractivity contribution in [3.63, 3.8) is 0 Å². The van der Waals surface area contributed by atoms with Crippen molar-refractivity contribution in [1.29, 1.82) is 0 Å². The molecule has 0 saturated carbocycles. The largest absolute Gasteiger partial charge is 0.508 e. The first-order valence-electron chi connectivity index (χ1n) is 2.82. The molecule has 1 aromatic rings. The summed E-state index contributed by atoms with van der Waals surface area (Å²) in [4.78, 5) is 0. The average Bonchev–Trinajstić information content (AvgIpc) is 1.95. The standard InChI is InChI=1S/C7H7NOS/c9-7-3-1-6(2-4-7)8-5-10/h1-5,9H,(H,8,10). The molecule has 3 heteroatoms. The molecule has 0 saturated heterocycles. The van der Waals surface area contributed by atoms with Crippen LogP contribution in [0.25, 0.3) is 0 Å². The van der Waals surface area contributed by atoms with Gasteiger partial charge in [-0.3, -0.25) is 0 Å². The van der Waals surface area contributed by atoms with Crippen LogP contribution in [0.3, 0.4) is 0 Å². The SMILES string of the molecule is Oc1ccc(NC=S)cc1. The van der Waals surface area contributed by atoms with Crippen LogP contribution < -0.4 is 5.32 Å². The monoisotopic (exact) mass is 153 g/mol. The number of hydrogen-bond donors (Lipinski definition) is 2. The Bertz CT molecular complexity index is 220. The van der Waals surface area contributed by atoms with E-state index < -0.39 is 0 Å². The van der Waals surface area contributed by atoms with Gasteiger partial charge in [0.05, 0.1) is 5.49 Å². The molecule has 0 aliphatic rings. The summed E-state index contributed by atoms with van der Waals surface area (Å²) in [6.07, 6.45) is 0. The zero-order chi connectivity index (χ0) is 7.40. The summed E-state index contributed by atoms with van der Waals surface area (Å²) in [6, 6.07) is 6.69. The minimum Gasteiger partial charge on any atom is -0.508 e. The van der Waals surface area contributed by atoms with E-state index in [-0.39, 0.29) is 5.75 Å². The molecule has 0 aliphatic carbocycles. The fraction of sp³-hybridized carbons (Fsp3) is 0. The minimum atomic E-state index is 0.259. The van der Waals surface area contributed by atoms with Crippen molar-refractivity contribution in [3.8, 4) is 5.75 Å². The van der Waals surface area contributed by atoms with Gasteiger partial charge in [-0.2, -0.15) is 0 Å². The fourth-order valence-electron chi connectivity index (χ4n) is 0.626. The zero-order valence-electron chi connectivity index (χ0n) is 5.24. The number of aromatic hydroxyl groups is 1. The van der Waals surface area contributed by atoms with E-state index in [2.05, 4.69) is 17.5 Å². The summed E-state index contributed by atoms with van der Waals surface area (Å²) in [6.45, 7) is 0. The number of phenolic OH excluding ortho intramolecular Hbond substituents is 1. The molecule has 0 atom stereocenters. The van der Waals surface area contributed by atoms with Crippen LogP contribution in [0.1, 0.15) is 0 Å². The van der Waals surface area contributed by atoms with E-state index in [0.29, 0.717) is 0 Å². The molecule has 10 heavy (non-hydrogen) atoms. The van der Waals surface area contributed by atoms with E-state index in [1.807, 2.05) is 0 Å². The Balaban J connectivity index is 2.78. The second-order valence-corrected chi connectivity index (χ2v) is 2.04. The van der Waals surface area contributed by atoms with Gasteiger partial charge in [0.1, 0.15) is 5.75 Å². The van der Waals surface area contributed by atoms with Crippen LogP contribution in [0.4, 0.5) is 5.69 Å². The number of nitrogens with one attached hydrogen (secondary N) is 1. The summed E-state index contributed by atoms with van der Waals surface area (Å²) >= 11 is 4.57. The maximum atomic E-state index is 8.86. The van der Waals surface area contributed by atoms with Crippen LogP contribution in [0.5, 0.6) is 5.75 Å². The summed E-state index contributed by atoms with van der Waals surface area (Å²) < 4.78 is 0. The number of phenols is 1. The number of thiocarbonyl (C=S) groups is 1. The molecule has 0 fully saturated rings. The lowest BCUT2D eigenvalue weighted by molar-refractivity contribution is 0.475. The van der Waals surface area contributed by atoms with Crippen molar-refractivity contribution in [2.75, 3.05) is 5.32 Å². The Morgan fingerprint density at radius 2 is 1.90 bits per heavy atom. The van der Waals surface area contributed by atoms with Crippen molar-refractivity contribution in [2.45, 2.75) is 0 Å². The highest BCUT2D eigenvalue weighted by Gasteiger charge is 1.87. The molecule has 0 amide bonds. The van der Waals surface area contributed by atoms with E-state index in [0.717, 1.165) is 5.69 Å². The van der Waals surface area contributed by atoms with E-state index in [1.165, 1.54) is 5.49 Å². The quantitative estimate of drug-likeness (QED) is 0.501. The average molecular weight is 153 g/mol. The number of anilines is 1. The maximum Gasteiger partial charge on any atom is 0.115 e. The van der Waals surface area contributed by atoms with Gasteiger partial charge < -0.3 is 10.4 Å². The topological polar surface area (TPSA) is 32.3 Å². The van der Waals surface area contributed by atoms with Gasteiger partial charge in [0, 0.05) is 5.69 Å². The molecule has 1 aromatic carbocycles. The van der Waals surface area contributed by atoms with E-state index in [4.69, 9.17) is 5.11 Å². The minimum absolute atomic E-state index is 0.259. The summed E-state index contributed by atoms with van der Waals surface area (Å²) in [5.41, 5.74) is 2.31. The Kier molecular flexibility index (Phi) is 2.23. The van der Waals surface area contributed by atoms with Gasteiger partial charge >= 0.3 is 0 Å².